The first kappa shape index (κ1) is 18.4. The predicted octanol–water partition coefficient (Wildman–Crippen LogP) is 4.78. The molecule has 2 aromatic rings. The van der Waals surface area contributed by atoms with Gasteiger partial charge in [0.1, 0.15) is 11.5 Å². The maximum atomic E-state index is 12.9. The molecule has 0 saturated heterocycles. The Balaban J connectivity index is 1.41. The summed E-state index contributed by atoms with van der Waals surface area (Å²) < 4.78 is 10.6. The van der Waals surface area contributed by atoms with Crippen molar-refractivity contribution in [2.75, 3.05) is 17.7 Å². The summed E-state index contributed by atoms with van der Waals surface area (Å²) in [6.45, 7) is 2.68. The number of rotatable bonds is 6. The number of urea groups is 1. The largest absolute Gasteiger partial charge is 0.464 e. The van der Waals surface area contributed by atoms with Gasteiger partial charge in [-0.2, -0.15) is 0 Å². The average molecular weight is 383 g/mol. The van der Waals surface area contributed by atoms with Gasteiger partial charge in [0, 0.05) is 23.3 Å². The van der Waals surface area contributed by atoms with Crippen molar-refractivity contribution in [1.82, 2.24) is 4.90 Å². The third-order valence-electron chi connectivity index (χ3n) is 5.28. The Morgan fingerprint density at radius 1 is 1.18 bits per heavy atom. The lowest BCUT2D eigenvalue weighted by Crippen LogP contribution is -2.36. The Morgan fingerprint density at radius 3 is 2.54 bits per heavy atom. The van der Waals surface area contributed by atoms with Crippen LogP contribution in [0.15, 0.2) is 40.8 Å². The second-order valence-corrected chi connectivity index (χ2v) is 7.61. The van der Waals surface area contributed by atoms with Gasteiger partial charge in [-0.1, -0.05) is 13.0 Å². The molecular formula is C21H25N3O4. The maximum Gasteiger partial charge on any atom is 0.411 e. The van der Waals surface area contributed by atoms with Gasteiger partial charge in [0.15, 0.2) is 0 Å². The molecule has 7 nitrogen and oxygen atoms in total. The number of amides is 3. The number of hydrogen-bond donors (Lipinski definition) is 2. The smallest absolute Gasteiger partial charge is 0.411 e. The molecule has 0 spiro atoms. The van der Waals surface area contributed by atoms with Crippen molar-refractivity contribution < 1.29 is 18.7 Å². The Morgan fingerprint density at radius 2 is 1.89 bits per heavy atom. The highest BCUT2D eigenvalue weighted by Gasteiger charge is 2.37. The summed E-state index contributed by atoms with van der Waals surface area (Å²) in [5, 5.41) is 5.51. The average Bonchev–Trinajstić information content (AvgIpc) is 3.60. The molecule has 28 heavy (non-hydrogen) atoms. The van der Waals surface area contributed by atoms with Crippen LogP contribution < -0.4 is 10.6 Å². The minimum atomic E-state index is -0.554. The van der Waals surface area contributed by atoms with Crippen molar-refractivity contribution in [3.8, 4) is 0 Å². The molecule has 2 saturated carbocycles. The molecule has 2 N–H and O–H groups in total. The van der Waals surface area contributed by atoms with Crippen molar-refractivity contribution in [3.05, 3.63) is 47.9 Å². The summed E-state index contributed by atoms with van der Waals surface area (Å²) in [5.74, 6) is 3.06. The van der Waals surface area contributed by atoms with E-state index in [4.69, 9.17) is 4.42 Å². The lowest BCUT2D eigenvalue weighted by molar-refractivity contribution is 0.187. The van der Waals surface area contributed by atoms with E-state index in [9.17, 15) is 9.59 Å². The van der Waals surface area contributed by atoms with Crippen molar-refractivity contribution >= 4 is 23.5 Å². The lowest BCUT2D eigenvalue weighted by Gasteiger charge is -2.22. The summed E-state index contributed by atoms with van der Waals surface area (Å²) >= 11 is 0. The van der Waals surface area contributed by atoms with E-state index in [0.717, 1.165) is 24.4 Å². The number of furan rings is 1. The van der Waals surface area contributed by atoms with Crippen LogP contribution in [-0.2, 0) is 11.3 Å². The number of hydrogen-bond acceptors (Lipinski definition) is 4. The summed E-state index contributed by atoms with van der Waals surface area (Å²) in [6.07, 6.45) is 2.63. The molecule has 0 radical (unpaired) electrons. The van der Waals surface area contributed by atoms with Gasteiger partial charge in [-0.15, -0.1) is 0 Å². The highest BCUT2D eigenvalue weighted by Crippen LogP contribution is 2.47. The molecule has 0 aliphatic heterocycles. The van der Waals surface area contributed by atoms with Crippen molar-refractivity contribution in [2.45, 2.75) is 44.7 Å². The van der Waals surface area contributed by atoms with Crippen LogP contribution in [0.2, 0.25) is 0 Å². The monoisotopic (exact) mass is 383 g/mol. The number of carbonyl (C=O) groups is 2. The molecule has 1 aromatic carbocycles. The molecule has 3 amide bonds. The molecule has 1 aromatic heterocycles. The second kappa shape index (κ2) is 7.58. The fourth-order valence-electron chi connectivity index (χ4n) is 3.36. The van der Waals surface area contributed by atoms with Gasteiger partial charge < -0.3 is 19.4 Å². The van der Waals surface area contributed by atoms with Crippen molar-refractivity contribution in [2.24, 2.45) is 5.92 Å². The highest BCUT2D eigenvalue weighted by atomic mass is 16.5. The number of methoxy groups -OCH3 is 1. The van der Waals surface area contributed by atoms with Crippen molar-refractivity contribution in [1.29, 1.82) is 0 Å². The predicted molar refractivity (Wildman–Crippen MR) is 105 cm³/mol. The first-order chi connectivity index (χ1) is 13.5. The number of benzene rings is 1. The first-order valence-electron chi connectivity index (χ1n) is 9.64. The third-order valence-corrected chi connectivity index (χ3v) is 5.28. The molecular weight excluding hydrogens is 358 g/mol. The van der Waals surface area contributed by atoms with Crippen LogP contribution in [0.25, 0.3) is 0 Å². The number of nitrogens with zero attached hydrogens (tertiary/aromatic N) is 1. The van der Waals surface area contributed by atoms with E-state index in [1.54, 1.807) is 24.3 Å². The summed E-state index contributed by atoms with van der Waals surface area (Å²) in [5.41, 5.74) is 1.16. The zero-order valence-electron chi connectivity index (χ0n) is 16.1. The molecule has 148 valence electrons. The maximum absolute atomic E-state index is 12.9. The van der Waals surface area contributed by atoms with Gasteiger partial charge >= 0.3 is 12.1 Å². The van der Waals surface area contributed by atoms with Gasteiger partial charge in [-0.25, -0.2) is 9.59 Å². The summed E-state index contributed by atoms with van der Waals surface area (Å²) in [7, 11) is 1.30. The van der Waals surface area contributed by atoms with Crippen LogP contribution >= 0.6 is 0 Å². The van der Waals surface area contributed by atoms with Crippen molar-refractivity contribution in [3.63, 3.8) is 0 Å². The molecule has 4 rings (SSSR count). The first-order valence-corrected chi connectivity index (χ1v) is 9.64. The Labute approximate surface area is 164 Å². The molecule has 2 aliphatic rings. The zero-order valence-corrected chi connectivity index (χ0v) is 16.1. The summed E-state index contributed by atoms with van der Waals surface area (Å²) in [6, 6.07) is 11.1. The molecule has 2 unspecified atom stereocenters. The van der Waals surface area contributed by atoms with E-state index >= 15 is 0 Å². The molecule has 2 fully saturated rings. The van der Waals surface area contributed by atoms with Crippen LogP contribution in [0.1, 0.15) is 43.6 Å². The Hall–Kier alpha value is -2.96. The minimum absolute atomic E-state index is 0.171. The SMILES string of the molecule is COC(=O)Nc1cccc(NC(=O)N(Cc2ccc(C3CC3C)o2)C2CC2)c1. The molecule has 2 atom stereocenters. The van der Waals surface area contributed by atoms with E-state index in [1.165, 1.54) is 13.5 Å². The molecule has 0 bridgehead atoms. The normalized spacial score (nSPS) is 20.4. The summed E-state index contributed by atoms with van der Waals surface area (Å²) in [4.78, 5) is 26.0. The molecule has 1 heterocycles. The van der Waals surface area contributed by atoms with Crippen LogP contribution in [0, 0.1) is 5.92 Å². The number of anilines is 2. The van der Waals surface area contributed by atoms with Crippen LogP contribution in [0.4, 0.5) is 21.0 Å². The fraction of sp³-hybridized carbons (Fsp3) is 0.429. The molecule has 2 aliphatic carbocycles. The highest BCUT2D eigenvalue weighted by molar-refractivity contribution is 5.91. The molecule has 7 heteroatoms. The van der Waals surface area contributed by atoms with Gasteiger partial charge in [-0.3, -0.25) is 5.32 Å². The van der Waals surface area contributed by atoms with E-state index in [-0.39, 0.29) is 12.1 Å². The van der Waals surface area contributed by atoms with Gasteiger partial charge in [0.2, 0.25) is 0 Å². The zero-order chi connectivity index (χ0) is 19.7. The Kier molecular flexibility index (Phi) is 4.98. The number of carbonyl (C=O) groups excluding carboxylic acids is 2. The van der Waals surface area contributed by atoms with E-state index in [1.807, 2.05) is 17.0 Å². The quantitative estimate of drug-likeness (QED) is 0.752. The van der Waals surface area contributed by atoms with Crippen LogP contribution in [0.5, 0.6) is 0 Å². The number of ether oxygens (including phenoxy) is 1. The van der Waals surface area contributed by atoms with Gasteiger partial charge in [0.25, 0.3) is 0 Å². The standard InChI is InChI=1S/C21H25N3O4/c1-13-10-18(13)19-9-8-17(28-19)12-24(16-6-7-16)20(25)22-14-4-3-5-15(11-14)23-21(26)27-2/h3-5,8-9,11,13,16,18H,6-7,10,12H2,1-2H3,(H,22,25)(H,23,26). The number of nitrogens with one attached hydrogen (secondary N) is 2. The fourth-order valence-corrected chi connectivity index (χ4v) is 3.36. The minimum Gasteiger partial charge on any atom is -0.464 e. The van der Waals surface area contributed by atoms with E-state index < -0.39 is 6.09 Å². The van der Waals surface area contributed by atoms with E-state index in [2.05, 4.69) is 22.3 Å². The van der Waals surface area contributed by atoms with Gasteiger partial charge in [0.05, 0.1) is 13.7 Å². The van der Waals surface area contributed by atoms with Crippen LogP contribution in [0.3, 0.4) is 0 Å². The van der Waals surface area contributed by atoms with Gasteiger partial charge in [-0.05, 0) is 55.5 Å². The Bertz CT molecular complexity index is 874. The second-order valence-electron chi connectivity index (χ2n) is 7.61. The lowest BCUT2D eigenvalue weighted by atomic mass is 10.2. The van der Waals surface area contributed by atoms with Crippen LogP contribution in [-0.4, -0.2) is 30.2 Å². The topological polar surface area (TPSA) is 83.8 Å². The van der Waals surface area contributed by atoms with E-state index in [0.29, 0.717) is 29.8 Å². The third kappa shape index (κ3) is 4.30.